The molecule has 3 aromatic rings. The molecule has 2 heterocycles. The minimum absolute atomic E-state index is 0.141. The molecule has 0 radical (unpaired) electrons. The smallest absolute Gasteiger partial charge is 0.265 e. The van der Waals surface area contributed by atoms with E-state index in [2.05, 4.69) is 15.3 Å². The number of amides is 1. The zero-order valence-corrected chi connectivity index (χ0v) is 12.5. The number of aromatic nitrogens is 2. The fourth-order valence-corrected chi connectivity index (χ4v) is 2.86. The van der Waals surface area contributed by atoms with Crippen LogP contribution in [0.25, 0.3) is 10.1 Å². The Morgan fingerprint density at radius 1 is 1.19 bits per heavy atom. The Balaban J connectivity index is 1.79. The van der Waals surface area contributed by atoms with Gasteiger partial charge in [0.2, 0.25) is 5.95 Å². The van der Waals surface area contributed by atoms with E-state index in [1.165, 1.54) is 11.3 Å². The Morgan fingerprint density at radius 3 is 2.57 bits per heavy atom. The molecule has 0 saturated carbocycles. The monoisotopic (exact) mass is 298 g/mol. The number of nitrogens with zero attached hydrogens (tertiary/aromatic N) is 3. The van der Waals surface area contributed by atoms with Gasteiger partial charge in [-0.15, -0.1) is 11.3 Å². The van der Waals surface area contributed by atoms with E-state index in [0.717, 1.165) is 10.1 Å². The summed E-state index contributed by atoms with van der Waals surface area (Å²) in [5.74, 6) is 0.465. The van der Waals surface area contributed by atoms with Gasteiger partial charge in [-0.25, -0.2) is 9.97 Å². The van der Waals surface area contributed by atoms with Crippen LogP contribution in [0.1, 0.15) is 9.67 Å². The van der Waals surface area contributed by atoms with Gasteiger partial charge in [-0.1, -0.05) is 18.2 Å². The predicted molar refractivity (Wildman–Crippen MR) is 86.1 cm³/mol. The third-order valence-corrected chi connectivity index (χ3v) is 4.06. The number of nitrogens with one attached hydrogen (secondary N) is 1. The second-order valence-electron chi connectivity index (χ2n) is 4.77. The van der Waals surface area contributed by atoms with Crippen molar-refractivity contribution in [3.63, 3.8) is 0 Å². The molecule has 6 heteroatoms. The quantitative estimate of drug-likeness (QED) is 0.807. The summed E-state index contributed by atoms with van der Waals surface area (Å²) in [7, 11) is 3.73. The third-order valence-electron chi connectivity index (χ3n) is 2.95. The molecule has 0 saturated heterocycles. The Bertz CT molecular complexity index is 747. The van der Waals surface area contributed by atoms with Crippen molar-refractivity contribution in [2.75, 3.05) is 24.3 Å². The molecular formula is C15H14N4OS. The highest BCUT2D eigenvalue weighted by atomic mass is 32.1. The van der Waals surface area contributed by atoms with Crippen LogP contribution in [0.15, 0.2) is 42.7 Å². The van der Waals surface area contributed by atoms with Crippen LogP contribution >= 0.6 is 11.3 Å². The second kappa shape index (κ2) is 5.49. The van der Waals surface area contributed by atoms with E-state index in [9.17, 15) is 4.79 Å². The van der Waals surface area contributed by atoms with Crippen molar-refractivity contribution in [3.05, 3.63) is 47.6 Å². The molecule has 0 fully saturated rings. The van der Waals surface area contributed by atoms with Crippen LogP contribution in [-0.4, -0.2) is 30.0 Å². The van der Waals surface area contributed by atoms with Gasteiger partial charge in [0.15, 0.2) is 0 Å². The van der Waals surface area contributed by atoms with Gasteiger partial charge in [-0.2, -0.15) is 0 Å². The molecule has 21 heavy (non-hydrogen) atoms. The summed E-state index contributed by atoms with van der Waals surface area (Å²) in [4.78, 5) is 23.1. The first-order valence-electron chi connectivity index (χ1n) is 6.43. The summed E-state index contributed by atoms with van der Waals surface area (Å²) in [6.07, 6.45) is 3.21. The number of thiophene rings is 1. The number of anilines is 2. The summed E-state index contributed by atoms with van der Waals surface area (Å²) in [5, 5.41) is 3.89. The van der Waals surface area contributed by atoms with Crippen molar-refractivity contribution >= 4 is 39.0 Å². The molecule has 2 aromatic heterocycles. The van der Waals surface area contributed by atoms with E-state index < -0.39 is 0 Å². The van der Waals surface area contributed by atoms with Gasteiger partial charge in [0, 0.05) is 18.8 Å². The van der Waals surface area contributed by atoms with Crippen molar-refractivity contribution in [1.29, 1.82) is 0 Å². The minimum Gasteiger partial charge on any atom is -0.347 e. The number of rotatable bonds is 3. The van der Waals surface area contributed by atoms with Crippen LogP contribution in [0.4, 0.5) is 11.6 Å². The van der Waals surface area contributed by atoms with Gasteiger partial charge in [0.05, 0.1) is 23.0 Å². The summed E-state index contributed by atoms with van der Waals surface area (Å²) < 4.78 is 1.10. The number of carbonyl (C=O) groups is 1. The highest BCUT2D eigenvalue weighted by Gasteiger charge is 2.11. The van der Waals surface area contributed by atoms with Crippen molar-refractivity contribution in [3.8, 4) is 0 Å². The number of hydrogen-bond donors (Lipinski definition) is 1. The Hall–Kier alpha value is -2.47. The molecule has 0 atom stereocenters. The first-order valence-corrected chi connectivity index (χ1v) is 7.24. The summed E-state index contributed by atoms with van der Waals surface area (Å²) in [5.41, 5.74) is 0.586. The molecular weight excluding hydrogens is 284 g/mol. The number of benzene rings is 1. The van der Waals surface area contributed by atoms with Crippen molar-refractivity contribution < 1.29 is 4.79 Å². The molecule has 5 nitrogen and oxygen atoms in total. The normalized spacial score (nSPS) is 10.6. The zero-order chi connectivity index (χ0) is 14.8. The minimum atomic E-state index is -0.141. The standard InChI is InChI=1S/C15H14N4OS/c1-19(2)15-16-8-11(9-17-15)18-14(20)13-7-10-5-3-4-6-12(10)21-13/h3-9H,1-2H3,(H,18,20). The van der Waals surface area contributed by atoms with E-state index in [1.54, 1.807) is 17.3 Å². The molecule has 106 valence electrons. The maximum Gasteiger partial charge on any atom is 0.265 e. The van der Waals surface area contributed by atoms with Gasteiger partial charge < -0.3 is 10.2 Å². The van der Waals surface area contributed by atoms with E-state index in [0.29, 0.717) is 16.5 Å². The lowest BCUT2D eigenvalue weighted by atomic mass is 10.2. The van der Waals surface area contributed by atoms with Crippen molar-refractivity contribution in [1.82, 2.24) is 9.97 Å². The predicted octanol–water partition coefficient (Wildman–Crippen LogP) is 3.01. The lowest BCUT2D eigenvalue weighted by Crippen LogP contribution is -2.14. The number of fused-ring (bicyclic) bond motifs is 1. The van der Waals surface area contributed by atoms with E-state index in [1.807, 2.05) is 44.4 Å². The zero-order valence-electron chi connectivity index (χ0n) is 11.7. The Morgan fingerprint density at radius 2 is 1.90 bits per heavy atom. The lowest BCUT2D eigenvalue weighted by molar-refractivity contribution is 0.103. The number of carbonyl (C=O) groups excluding carboxylic acids is 1. The van der Waals surface area contributed by atoms with Gasteiger partial charge in [0.1, 0.15) is 0 Å². The van der Waals surface area contributed by atoms with Crippen LogP contribution < -0.4 is 10.2 Å². The third kappa shape index (κ3) is 2.85. The van der Waals surface area contributed by atoms with E-state index in [4.69, 9.17) is 0 Å². The molecule has 3 rings (SSSR count). The van der Waals surface area contributed by atoms with E-state index in [-0.39, 0.29) is 5.91 Å². The largest absolute Gasteiger partial charge is 0.347 e. The average molecular weight is 298 g/mol. The number of hydrogen-bond acceptors (Lipinski definition) is 5. The SMILES string of the molecule is CN(C)c1ncc(NC(=O)c2cc3ccccc3s2)cn1. The highest BCUT2D eigenvalue weighted by Crippen LogP contribution is 2.25. The van der Waals surface area contributed by atoms with Gasteiger partial charge in [0.25, 0.3) is 5.91 Å². The van der Waals surface area contributed by atoms with Crippen LogP contribution in [0.3, 0.4) is 0 Å². The topological polar surface area (TPSA) is 58.1 Å². The van der Waals surface area contributed by atoms with E-state index >= 15 is 0 Å². The average Bonchev–Trinajstić information content (AvgIpc) is 2.92. The van der Waals surface area contributed by atoms with Crippen LogP contribution in [-0.2, 0) is 0 Å². The molecule has 0 aliphatic carbocycles. The molecule has 1 aromatic carbocycles. The van der Waals surface area contributed by atoms with Gasteiger partial charge >= 0.3 is 0 Å². The highest BCUT2D eigenvalue weighted by molar-refractivity contribution is 7.20. The fraction of sp³-hybridized carbons (Fsp3) is 0.133. The molecule has 0 aliphatic rings. The molecule has 0 unspecified atom stereocenters. The molecule has 1 amide bonds. The van der Waals surface area contributed by atoms with Crippen LogP contribution in [0.2, 0.25) is 0 Å². The van der Waals surface area contributed by atoms with Crippen molar-refractivity contribution in [2.45, 2.75) is 0 Å². The van der Waals surface area contributed by atoms with Crippen LogP contribution in [0.5, 0.6) is 0 Å². The molecule has 0 spiro atoms. The Kier molecular flexibility index (Phi) is 3.53. The molecule has 1 N–H and O–H groups in total. The fourth-order valence-electron chi connectivity index (χ4n) is 1.90. The first kappa shape index (κ1) is 13.5. The summed E-state index contributed by atoms with van der Waals surface area (Å²) in [6.45, 7) is 0. The second-order valence-corrected chi connectivity index (χ2v) is 5.85. The maximum atomic E-state index is 12.2. The van der Waals surface area contributed by atoms with Crippen LogP contribution in [0, 0.1) is 0 Å². The maximum absolute atomic E-state index is 12.2. The van der Waals surface area contributed by atoms with Gasteiger partial charge in [-0.3, -0.25) is 4.79 Å². The Labute approximate surface area is 126 Å². The molecule has 0 aliphatic heterocycles. The lowest BCUT2D eigenvalue weighted by Gasteiger charge is -2.09. The summed E-state index contributed by atoms with van der Waals surface area (Å²) >= 11 is 1.47. The first-order chi connectivity index (χ1) is 10.1. The van der Waals surface area contributed by atoms with Crippen molar-refractivity contribution in [2.24, 2.45) is 0 Å². The summed E-state index contributed by atoms with van der Waals surface area (Å²) in [6, 6.07) is 9.83. The van der Waals surface area contributed by atoms with Gasteiger partial charge in [-0.05, 0) is 17.5 Å². The molecule has 0 bridgehead atoms.